The number of urea groups is 1. The number of sulfonamides is 1. The molecule has 0 radical (unpaired) electrons. The summed E-state index contributed by atoms with van der Waals surface area (Å²) in [5, 5.41) is 8.73. The summed E-state index contributed by atoms with van der Waals surface area (Å²) in [6.07, 6.45) is -1.60. The Labute approximate surface area is 180 Å². The van der Waals surface area contributed by atoms with E-state index < -0.39 is 38.4 Å². The first kappa shape index (κ1) is 20.7. The first-order valence-electron chi connectivity index (χ1n) is 9.86. The number of aryl methyl sites for hydroxylation is 1. The van der Waals surface area contributed by atoms with Crippen molar-refractivity contribution in [2.24, 2.45) is 10.2 Å². The molecule has 2 amide bonds. The second-order valence-electron chi connectivity index (χ2n) is 7.79. The predicted molar refractivity (Wildman–Crippen MR) is 106 cm³/mol. The number of halogens is 3. The fourth-order valence-electron chi connectivity index (χ4n) is 4.17. The van der Waals surface area contributed by atoms with Crippen molar-refractivity contribution in [1.29, 1.82) is 0 Å². The van der Waals surface area contributed by atoms with Crippen LogP contribution in [0.15, 0.2) is 45.5 Å². The van der Waals surface area contributed by atoms with E-state index in [1.807, 2.05) is 4.72 Å². The van der Waals surface area contributed by atoms with Crippen LogP contribution in [0.4, 0.5) is 23.7 Å². The van der Waals surface area contributed by atoms with E-state index in [9.17, 15) is 26.4 Å². The average molecular weight is 466 g/mol. The highest BCUT2D eigenvalue weighted by Gasteiger charge is 2.65. The summed E-state index contributed by atoms with van der Waals surface area (Å²) in [7, 11) is -4.46. The minimum absolute atomic E-state index is 0.444. The summed E-state index contributed by atoms with van der Waals surface area (Å²) >= 11 is 0. The average Bonchev–Trinajstić information content (AvgIpc) is 3.20. The van der Waals surface area contributed by atoms with Crippen LogP contribution in [-0.4, -0.2) is 27.2 Å². The van der Waals surface area contributed by atoms with E-state index in [4.69, 9.17) is 4.74 Å². The van der Waals surface area contributed by atoms with Gasteiger partial charge >= 0.3 is 17.9 Å². The van der Waals surface area contributed by atoms with E-state index >= 15 is 0 Å². The monoisotopic (exact) mass is 466 g/mol. The Balaban J connectivity index is 1.39. The highest BCUT2D eigenvalue weighted by atomic mass is 32.2. The maximum atomic E-state index is 13.3. The van der Waals surface area contributed by atoms with Crippen molar-refractivity contribution >= 4 is 21.7 Å². The lowest BCUT2D eigenvalue weighted by molar-refractivity contribution is -0.166. The van der Waals surface area contributed by atoms with Gasteiger partial charge in [-0.15, -0.1) is 10.2 Å². The minimum Gasteiger partial charge on any atom is -0.491 e. The fourth-order valence-corrected chi connectivity index (χ4v) is 5.13. The molecule has 3 aliphatic rings. The molecule has 0 bridgehead atoms. The molecule has 0 atom stereocenters. The smallest absolute Gasteiger partial charge is 0.442 e. The third kappa shape index (κ3) is 3.29. The van der Waals surface area contributed by atoms with Gasteiger partial charge in [-0.2, -0.15) is 13.2 Å². The van der Waals surface area contributed by atoms with Gasteiger partial charge in [0.1, 0.15) is 5.75 Å². The molecule has 0 aromatic heterocycles. The van der Waals surface area contributed by atoms with Gasteiger partial charge in [0.05, 0.1) is 17.2 Å². The number of anilines is 1. The molecule has 0 spiro atoms. The van der Waals surface area contributed by atoms with Gasteiger partial charge in [-0.3, -0.25) is 0 Å². The Morgan fingerprint density at radius 2 is 1.88 bits per heavy atom. The molecule has 2 N–H and O–H groups in total. The number of ether oxygens (including phenoxy) is 1. The van der Waals surface area contributed by atoms with Gasteiger partial charge in [-0.25, -0.2) is 17.9 Å². The quantitative estimate of drug-likeness (QED) is 0.714. The summed E-state index contributed by atoms with van der Waals surface area (Å²) in [6, 6.07) is 5.15. The molecular weight excluding hydrogens is 449 g/mol. The fraction of sp³-hybridized carbons (Fsp3) is 0.350. The summed E-state index contributed by atoms with van der Waals surface area (Å²) in [6.45, 7) is 0.469. The van der Waals surface area contributed by atoms with E-state index in [-0.39, 0.29) is 0 Å². The van der Waals surface area contributed by atoms with Gasteiger partial charge < -0.3 is 10.1 Å². The predicted octanol–water partition coefficient (Wildman–Crippen LogP) is 3.80. The summed E-state index contributed by atoms with van der Waals surface area (Å²) < 4.78 is 72.7. The molecule has 1 aliphatic carbocycles. The number of nitrogens with one attached hydrogen (secondary N) is 2. The summed E-state index contributed by atoms with van der Waals surface area (Å²) in [4.78, 5) is 12.1. The molecule has 2 aromatic carbocycles. The number of hydrogen-bond donors (Lipinski definition) is 2. The third-order valence-corrected chi connectivity index (χ3v) is 7.08. The highest BCUT2D eigenvalue weighted by molar-refractivity contribution is 7.90. The first-order valence-corrected chi connectivity index (χ1v) is 11.3. The first-order chi connectivity index (χ1) is 15.1. The number of alkyl halides is 3. The van der Waals surface area contributed by atoms with E-state index in [0.717, 1.165) is 60.2 Å². The number of carbonyl (C=O) groups excluding carboxylic acids is 1. The Bertz CT molecular complexity index is 1240. The molecule has 168 valence electrons. The zero-order chi connectivity index (χ0) is 22.7. The second kappa shape index (κ2) is 6.92. The lowest BCUT2D eigenvalue weighted by Gasteiger charge is -2.17. The summed E-state index contributed by atoms with van der Waals surface area (Å²) in [5.41, 5.74) is 0.189. The van der Waals surface area contributed by atoms with E-state index in [0.29, 0.717) is 24.5 Å². The van der Waals surface area contributed by atoms with Gasteiger partial charge in [0, 0.05) is 12.0 Å². The Morgan fingerprint density at radius 1 is 1.09 bits per heavy atom. The van der Waals surface area contributed by atoms with Crippen molar-refractivity contribution in [2.75, 3.05) is 11.9 Å². The second-order valence-corrected chi connectivity index (χ2v) is 9.47. The number of nitrogens with zero attached hydrogens (tertiary/aromatic N) is 2. The zero-order valence-electron chi connectivity index (χ0n) is 16.5. The van der Waals surface area contributed by atoms with Crippen LogP contribution in [0.3, 0.4) is 0 Å². The molecule has 0 fully saturated rings. The molecule has 0 unspecified atom stereocenters. The molecule has 2 aliphatic heterocycles. The Kier molecular flexibility index (Phi) is 4.49. The van der Waals surface area contributed by atoms with Crippen molar-refractivity contribution in [3.63, 3.8) is 0 Å². The van der Waals surface area contributed by atoms with Crippen LogP contribution >= 0.6 is 0 Å². The lowest BCUT2D eigenvalue weighted by atomic mass is 10.0. The van der Waals surface area contributed by atoms with Crippen molar-refractivity contribution < 1.29 is 31.1 Å². The van der Waals surface area contributed by atoms with Crippen LogP contribution in [0, 0.1) is 0 Å². The van der Waals surface area contributed by atoms with Crippen molar-refractivity contribution in [2.45, 2.75) is 42.4 Å². The van der Waals surface area contributed by atoms with Gasteiger partial charge in [-0.1, -0.05) is 18.2 Å². The largest absolute Gasteiger partial charge is 0.491 e. The highest BCUT2D eigenvalue weighted by Crippen LogP contribution is 2.52. The van der Waals surface area contributed by atoms with Crippen molar-refractivity contribution in [1.82, 2.24) is 4.72 Å². The van der Waals surface area contributed by atoms with Crippen molar-refractivity contribution in [3.8, 4) is 5.75 Å². The standard InChI is InChI=1S/C20H17F3N4O4S/c21-20(22,23)19(26-27-19)13-4-2-5-14(10-13)32(29,30)25-18(28)24-16-15-6-1-3-11(15)9-12-7-8-31-17(12)16/h2,4-5,9-10H,1,3,6-8H2,(H2,24,25,28). The lowest BCUT2D eigenvalue weighted by Crippen LogP contribution is -2.35. The molecule has 12 heteroatoms. The van der Waals surface area contributed by atoms with Gasteiger partial charge in [0.15, 0.2) is 0 Å². The van der Waals surface area contributed by atoms with Crippen LogP contribution in [0.1, 0.15) is 28.7 Å². The van der Waals surface area contributed by atoms with Crippen LogP contribution < -0.4 is 14.8 Å². The minimum atomic E-state index is -4.80. The molecule has 8 nitrogen and oxygen atoms in total. The zero-order valence-corrected chi connectivity index (χ0v) is 17.3. The number of benzene rings is 2. The topological polar surface area (TPSA) is 109 Å². The number of fused-ring (bicyclic) bond motifs is 2. The van der Waals surface area contributed by atoms with Crippen molar-refractivity contribution in [3.05, 3.63) is 52.6 Å². The van der Waals surface area contributed by atoms with Gasteiger partial charge in [0.2, 0.25) is 0 Å². The normalized spacial score (nSPS) is 18.0. The van der Waals surface area contributed by atoms with Crippen LogP contribution in [0.5, 0.6) is 5.75 Å². The SMILES string of the molecule is O=C(Nc1c2c(cc3c1OCC3)CCC2)NS(=O)(=O)c1cccc(C2(C(F)(F)F)N=N2)c1. The number of amides is 2. The maximum absolute atomic E-state index is 13.3. The summed E-state index contributed by atoms with van der Waals surface area (Å²) in [5.74, 6) is 0.532. The van der Waals surface area contributed by atoms with E-state index in [1.54, 1.807) is 0 Å². The van der Waals surface area contributed by atoms with E-state index in [2.05, 4.69) is 21.6 Å². The molecule has 0 saturated carbocycles. The molecule has 2 aromatic rings. The molecule has 2 heterocycles. The van der Waals surface area contributed by atoms with Crippen LogP contribution in [0.2, 0.25) is 0 Å². The molecular formula is C20H17F3N4O4S. The molecule has 32 heavy (non-hydrogen) atoms. The van der Waals surface area contributed by atoms with Crippen LogP contribution in [-0.2, 0) is 34.9 Å². The number of carbonyl (C=O) groups is 1. The number of rotatable bonds is 4. The molecule has 0 saturated heterocycles. The van der Waals surface area contributed by atoms with E-state index in [1.165, 1.54) is 0 Å². The van der Waals surface area contributed by atoms with Gasteiger partial charge in [-0.05, 0) is 48.1 Å². The third-order valence-electron chi connectivity index (χ3n) is 5.76. The van der Waals surface area contributed by atoms with Crippen LogP contribution in [0.25, 0.3) is 0 Å². The Morgan fingerprint density at radius 3 is 2.59 bits per heavy atom. The Hall–Kier alpha value is -3.15. The van der Waals surface area contributed by atoms with Gasteiger partial charge in [0.25, 0.3) is 10.0 Å². The maximum Gasteiger partial charge on any atom is 0.442 e. The molecule has 5 rings (SSSR count). The number of hydrogen-bond acceptors (Lipinski definition) is 6.